The standard InChI is InChI=1S/C43H42P2/c1-3-43(4-2,41(35-23-11-5-12-24-35)44(37-27-15-7-16-28-37)38-29-17-8-18-30-38)42(36-25-13-6-14-26-36)45(39-31-19-9-20-32-39)40-33-21-10-22-34-40/h5-34,41-42H,3-4H2,1-2H3. The van der Waals surface area contributed by atoms with Crippen LogP contribution in [0.1, 0.15) is 49.1 Å². The van der Waals surface area contributed by atoms with E-state index in [0.29, 0.717) is 0 Å². The van der Waals surface area contributed by atoms with E-state index in [-0.39, 0.29) is 16.7 Å². The molecule has 45 heavy (non-hydrogen) atoms. The van der Waals surface area contributed by atoms with Crippen LogP contribution in [0.4, 0.5) is 0 Å². The van der Waals surface area contributed by atoms with Crippen molar-refractivity contribution in [1.82, 2.24) is 0 Å². The molecule has 6 aromatic rings. The van der Waals surface area contributed by atoms with Crippen LogP contribution in [0.15, 0.2) is 182 Å². The van der Waals surface area contributed by atoms with Gasteiger partial charge in [-0.2, -0.15) is 0 Å². The molecule has 0 nitrogen and oxygen atoms in total. The first-order valence-corrected chi connectivity index (χ1v) is 19.0. The average molecular weight is 621 g/mol. The van der Waals surface area contributed by atoms with Crippen molar-refractivity contribution in [3.05, 3.63) is 193 Å². The lowest BCUT2D eigenvalue weighted by Crippen LogP contribution is -2.39. The van der Waals surface area contributed by atoms with Crippen LogP contribution < -0.4 is 21.2 Å². The van der Waals surface area contributed by atoms with E-state index in [1.165, 1.54) is 32.3 Å². The largest absolute Gasteiger partial charge is 0.0648 e. The molecule has 0 N–H and O–H groups in total. The molecule has 0 saturated heterocycles. The smallest absolute Gasteiger partial charge is 0.0188 e. The molecule has 2 atom stereocenters. The van der Waals surface area contributed by atoms with Crippen LogP contribution in [-0.2, 0) is 0 Å². The molecule has 0 bridgehead atoms. The first kappa shape index (κ1) is 31.2. The lowest BCUT2D eigenvalue weighted by Gasteiger charge is -2.52. The third kappa shape index (κ3) is 6.60. The van der Waals surface area contributed by atoms with E-state index >= 15 is 0 Å². The summed E-state index contributed by atoms with van der Waals surface area (Å²) in [7, 11) is -1.53. The van der Waals surface area contributed by atoms with Gasteiger partial charge in [-0.1, -0.05) is 196 Å². The molecule has 224 valence electrons. The van der Waals surface area contributed by atoms with Gasteiger partial charge >= 0.3 is 0 Å². The molecule has 0 spiro atoms. The van der Waals surface area contributed by atoms with Crippen molar-refractivity contribution >= 4 is 37.1 Å². The molecule has 0 radical (unpaired) electrons. The topological polar surface area (TPSA) is 0 Å². The number of benzene rings is 6. The molecule has 0 fully saturated rings. The Kier molecular flexibility index (Phi) is 10.4. The van der Waals surface area contributed by atoms with Crippen molar-refractivity contribution in [2.45, 2.75) is 38.0 Å². The first-order chi connectivity index (χ1) is 22.3. The summed E-state index contributed by atoms with van der Waals surface area (Å²) in [6.45, 7) is 4.92. The maximum Gasteiger partial charge on any atom is 0.0188 e. The zero-order chi connectivity index (χ0) is 30.9. The lowest BCUT2D eigenvalue weighted by molar-refractivity contribution is 0.240. The summed E-state index contributed by atoms with van der Waals surface area (Å²) >= 11 is 0. The molecule has 0 aromatic heterocycles. The second-order valence-corrected chi connectivity index (χ2v) is 16.2. The predicted molar refractivity (Wildman–Crippen MR) is 200 cm³/mol. The van der Waals surface area contributed by atoms with Gasteiger partial charge in [0.1, 0.15) is 0 Å². The highest BCUT2D eigenvalue weighted by molar-refractivity contribution is 7.74. The fourth-order valence-electron chi connectivity index (χ4n) is 7.17. The summed E-state index contributed by atoms with van der Waals surface area (Å²) in [6.07, 6.45) is 2.14. The van der Waals surface area contributed by atoms with Crippen molar-refractivity contribution in [2.24, 2.45) is 5.41 Å². The fourth-order valence-corrected chi connectivity index (χ4v) is 14.0. The molecule has 2 unspecified atom stereocenters. The molecule has 6 rings (SSSR count). The van der Waals surface area contributed by atoms with E-state index in [0.717, 1.165) is 12.8 Å². The van der Waals surface area contributed by atoms with Crippen LogP contribution in [0.3, 0.4) is 0 Å². The van der Waals surface area contributed by atoms with Crippen LogP contribution >= 0.6 is 15.8 Å². The molecule has 2 heteroatoms. The highest BCUT2D eigenvalue weighted by Gasteiger charge is 2.51. The Hall–Kier alpha value is -3.82. The van der Waals surface area contributed by atoms with Gasteiger partial charge in [0.05, 0.1) is 0 Å². The average Bonchev–Trinajstić information content (AvgIpc) is 3.13. The van der Waals surface area contributed by atoms with Crippen molar-refractivity contribution in [1.29, 1.82) is 0 Å². The van der Waals surface area contributed by atoms with Crippen molar-refractivity contribution in [3.8, 4) is 0 Å². The Morgan fingerprint density at radius 1 is 0.356 bits per heavy atom. The van der Waals surface area contributed by atoms with Crippen LogP contribution in [-0.4, -0.2) is 0 Å². The summed E-state index contributed by atoms with van der Waals surface area (Å²) in [5.74, 6) is 0. The SMILES string of the molecule is CCC(CC)(C(c1ccccc1)P(c1ccccc1)c1ccccc1)C(c1ccccc1)P(c1ccccc1)c1ccccc1. The number of hydrogen-bond donors (Lipinski definition) is 0. The summed E-state index contributed by atoms with van der Waals surface area (Å²) in [6, 6.07) is 68.4. The Bertz CT molecular complexity index is 1490. The van der Waals surface area contributed by atoms with Crippen LogP contribution in [0.2, 0.25) is 0 Å². The van der Waals surface area contributed by atoms with Gasteiger partial charge in [0.25, 0.3) is 0 Å². The second kappa shape index (κ2) is 15.0. The van der Waals surface area contributed by atoms with Gasteiger partial charge in [-0.25, -0.2) is 0 Å². The Balaban J connectivity index is 1.70. The van der Waals surface area contributed by atoms with Gasteiger partial charge in [-0.15, -0.1) is 0 Å². The van der Waals surface area contributed by atoms with E-state index in [2.05, 4.69) is 196 Å². The van der Waals surface area contributed by atoms with E-state index in [4.69, 9.17) is 0 Å². The van der Waals surface area contributed by atoms with Crippen molar-refractivity contribution < 1.29 is 0 Å². The Morgan fingerprint density at radius 3 is 0.800 bits per heavy atom. The van der Waals surface area contributed by atoms with Crippen molar-refractivity contribution in [3.63, 3.8) is 0 Å². The van der Waals surface area contributed by atoms with E-state index in [1.54, 1.807) is 0 Å². The molecule has 0 saturated carbocycles. The van der Waals surface area contributed by atoms with Gasteiger partial charge in [0, 0.05) is 11.3 Å². The molecular formula is C43H42P2. The summed E-state index contributed by atoms with van der Waals surface area (Å²) < 4.78 is 0. The highest BCUT2D eigenvalue weighted by Crippen LogP contribution is 2.71. The van der Waals surface area contributed by atoms with Gasteiger partial charge in [-0.3, -0.25) is 0 Å². The Labute approximate surface area is 272 Å². The third-order valence-corrected chi connectivity index (χ3v) is 15.4. The van der Waals surface area contributed by atoms with E-state index in [1.807, 2.05) is 0 Å². The number of rotatable bonds is 12. The number of hydrogen-bond acceptors (Lipinski definition) is 0. The van der Waals surface area contributed by atoms with Crippen molar-refractivity contribution in [2.75, 3.05) is 0 Å². The Morgan fingerprint density at radius 2 is 0.578 bits per heavy atom. The fraction of sp³-hybridized carbons (Fsp3) is 0.163. The molecule has 6 aromatic carbocycles. The van der Waals surface area contributed by atoms with Crippen LogP contribution in [0, 0.1) is 5.41 Å². The minimum absolute atomic E-state index is 0.0581. The zero-order valence-corrected chi connectivity index (χ0v) is 28.1. The molecule has 0 amide bonds. The van der Waals surface area contributed by atoms with Gasteiger partial charge < -0.3 is 0 Å². The highest BCUT2D eigenvalue weighted by atomic mass is 31.1. The summed E-state index contributed by atoms with van der Waals surface area (Å²) in [5, 5.41) is 5.76. The third-order valence-electron chi connectivity index (χ3n) is 9.29. The van der Waals surface area contributed by atoms with Gasteiger partial charge in [0.2, 0.25) is 0 Å². The monoisotopic (exact) mass is 620 g/mol. The molecule has 0 aliphatic rings. The van der Waals surface area contributed by atoms with Crippen LogP contribution in [0.25, 0.3) is 0 Å². The van der Waals surface area contributed by atoms with E-state index in [9.17, 15) is 0 Å². The quantitative estimate of drug-likeness (QED) is 0.119. The second-order valence-electron chi connectivity index (χ2n) is 11.6. The first-order valence-electron chi connectivity index (χ1n) is 16.2. The molecule has 0 heterocycles. The molecule has 0 aliphatic carbocycles. The van der Waals surface area contributed by atoms with Crippen LogP contribution in [0.5, 0.6) is 0 Å². The lowest BCUT2D eigenvalue weighted by atomic mass is 9.71. The molecule has 0 aliphatic heterocycles. The maximum atomic E-state index is 2.46. The minimum atomic E-state index is -0.765. The summed E-state index contributed by atoms with van der Waals surface area (Å²) in [4.78, 5) is 0. The van der Waals surface area contributed by atoms with E-state index < -0.39 is 15.8 Å². The van der Waals surface area contributed by atoms with Gasteiger partial charge in [0.15, 0.2) is 0 Å². The molecular weight excluding hydrogens is 578 g/mol. The van der Waals surface area contributed by atoms with Gasteiger partial charge in [-0.05, 0) is 66.4 Å². The normalized spacial score (nSPS) is 13.1. The predicted octanol–water partition coefficient (Wildman–Crippen LogP) is 10.5. The summed E-state index contributed by atoms with van der Waals surface area (Å²) in [5.41, 5.74) is 3.40. The zero-order valence-electron chi connectivity index (χ0n) is 26.3. The maximum absolute atomic E-state index is 2.46. The minimum Gasteiger partial charge on any atom is -0.0648 e.